The van der Waals surface area contributed by atoms with Gasteiger partial charge in [0.05, 0.1) is 13.2 Å². The summed E-state index contributed by atoms with van der Waals surface area (Å²) >= 11 is 0. The van der Waals surface area contributed by atoms with Gasteiger partial charge in [-0.2, -0.15) is 0 Å². The molecule has 5 heteroatoms. The smallest absolute Gasteiger partial charge is 0.287 e. The molecule has 1 aromatic heterocycles. The second kappa shape index (κ2) is 8.57. The van der Waals surface area contributed by atoms with E-state index in [0.717, 1.165) is 23.3 Å². The van der Waals surface area contributed by atoms with Crippen molar-refractivity contribution in [3.63, 3.8) is 0 Å². The van der Waals surface area contributed by atoms with Gasteiger partial charge in [-0.05, 0) is 43.2 Å². The second-order valence-corrected chi connectivity index (χ2v) is 6.50. The Bertz CT molecular complexity index is 955. The van der Waals surface area contributed by atoms with E-state index in [1.807, 2.05) is 43.3 Å². The van der Waals surface area contributed by atoms with E-state index in [1.54, 1.807) is 31.4 Å². The minimum Gasteiger partial charge on any atom is -0.497 e. The Balaban J connectivity index is 1.72. The average Bonchev–Trinajstić information content (AvgIpc) is 3.22. The number of rotatable bonds is 7. The fraction of sp³-hybridized carbons (Fsp3) is 0.217. The van der Waals surface area contributed by atoms with Crippen LogP contribution in [0, 0.1) is 0 Å². The first-order valence-corrected chi connectivity index (χ1v) is 9.17. The first-order valence-electron chi connectivity index (χ1n) is 9.17. The summed E-state index contributed by atoms with van der Waals surface area (Å²) in [6, 6.07) is 18.0. The van der Waals surface area contributed by atoms with Crippen LogP contribution in [0.2, 0.25) is 0 Å². The van der Waals surface area contributed by atoms with E-state index in [1.165, 1.54) is 6.92 Å². The summed E-state index contributed by atoms with van der Waals surface area (Å²) in [5.41, 5.74) is 2.45. The Hall–Kier alpha value is -3.34. The summed E-state index contributed by atoms with van der Waals surface area (Å²) in [6.45, 7) is 3.54. The molecule has 1 N–H and O–H groups in total. The maximum Gasteiger partial charge on any atom is 0.287 e. The molecule has 1 heterocycles. The fourth-order valence-corrected chi connectivity index (χ4v) is 2.97. The van der Waals surface area contributed by atoms with Gasteiger partial charge in [0.1, 0.15) is 11.5 Å². The van der Waals surface area contributed by atoms with Gasteiger partial charge in [-0.1, -0.05) is 43.3 Å². The zero-order valence-corrected chi connectivity index (χ0v) is 16.2. The Morgan fingerprint density at radius 3 is 2.25 bits per heavy atom. The van der Waals surface area contributed by atoms with Crippen LogP contribution < -0.4 is 10.1 Å². The number of furan rings is 1. The van der Waals surface area contributed by atoms with Crippen LogP contribution in [0.25, 0.3) is 11.3 Å². The highest BCUT2D eigenvalue weighted by molar-refractivity contribution is 5.94. The van der Waals surface area contributed by atoms with Crippen LogP contribution in [0.15, 0.2) is 65.1 Å². The van der Waals surface area contributed by atoms with Crippen LogP contribution in [0.1, 0.15) is 52.8 Å². The number of benzene rings is 2. The highest BCUT2D eigenvalue weighted by Gasteiger charge is 2.17. The maximum absolute atomic E-state index is 12.6. The number of ketones is 1. The molecule has 28 heavy (non-hydrogen) atoms. The normalized spacial score (nSPS) is 11.7. The third-order valence-corrected chi connectivity index (χ3v) is 4.64. The average molecular weight is 377 g/mol. The molecule has 1 atom stereocenters. The summed E-state index contributed by atoms with van der Waals surface area (Å²) < 4.78 is 10.9. The quantitative estimate of drug-likeness (QED) is 0.586. The molecule has 144 valence electrons. The molecule has 0 saturated heterocycles. The molecule has 3 rings (SSSR count). The predicted molar refractivity (Wildman–Crippen MR) is 108 cm³/mol. The number of carbonyl (C=O) groups is 2. The molecule has 3 aromatic rings. The number of Topliss-reactive ketones (excluding diaryl/α,β-unsaturated/α-hetero) is 1. The molecule has 0 aliphatic heterocycles. The number of nitrogens with one attached hydrogen (secondary N) is 1. The van der Waals surface area contributed by atoms with Gasteiger partial charge in [-0.25, -0.2) is 0 Å². The Morgan fingerprint density at radius 1 is 1.00 bits per heavy atom. The predicted octanol–water partition coefficient (Wildman–Crippen LogP) is 5.04. The van der Waals surface area contributed by atoms with Gasteiger partial charge in [-0.3, -0.25) is 9.59 Å². The van der Waals surface area contributed by atoms with Crippen molar-refractivity contribution in [2.24, 2.45) is 0 Å². The standard InChI is InChI=1S/C23H23NO4/c1-4-20(17-9-11-19(27-3)12-10-17)24-23(26)22-14-13-21(28-22)18-7-5-16(6-8-18)15(2)25/h5-14,20H,4H2,1-3H3,(H,24,26). The van der Waals surface area contributed by atoms with Crippen molar-refractivity contribution in [1.29, 1.82) is 0 Å². The van der Waals surface area contributed by atoms with Gasteiger partial charge in [0.25, 0.3) is 5.91 Å². The van der Waals surface area contributed by atoms with Crippen molar-refractivity contribution in [1.82, 2.24) is 5.32 Å². The first-order chi connectivity index (χ1) is 13.5. The van der Waals surface area contributed by atoms with Crippen LogP contribution in [-0.4, -0.2) is 18.8 Å². The van der Waals surface area contributed by atoms with Crippen LogP contribution >= 0.6 is 0 Å². The second-order valence-electron chi connectivity index (χ2n) is 6.50. The zero-order valence-electron chi connectivity index (χ0n) is 16.2. The Kier molecular flexibility index (Phi) is 5.94. The molecule has 1 unspecified atom stereocenters. The molecule has 1 amide bonds. The van der Waals surface area contributed by atoms with Crippen LogP contribution in [0.3, 0.4) is 0 Å². The summed E-state index contributed by atoms with van der Waals surface area (Å²) in [5.74, 6) is 1.34. The first kappa shape index (κ1) is 19.4. The van der Waals surface area contributed by atoms with Crippen molar-refractivity contribution in [2.75, 3.05) is 7.11 Å². The molecule has 2 aromatic carbocycles. The molecule has 0 spiro atoms. The van der Waals surface area contributed by atoms with Crippen molar-refractivity contribution in [3.8, 4) is 17.1 Å². The highest BCUT2D eigenvalue weighted by Crippen LogP contribution is 2.24. The third-order valence-electron chi connectivity index (χ3n) is 4.64. The molecule has 0 radical (unpaired) electrons. The monoisotopic (exact) mass is 377 g/mol. The van der Waals surface area contributed by atoms with Gasteiger partial charge in [0.15, 0.2) is 11.5 Å². The fourth-order valence-electron chi connectivity index (χ4n) is 2.97. The van der Waals surface area contributed by atoms with Gasteiger partial charge in [0, 0.05) is 11.1 Å². The Labute approximate surface area is 164 Å². The molecular weight excluding hydrogens is 354 g/mol. The van der Waals surface area contributed by atoms with Crippen LogP contribution in [-0.2, 0) is 0 Å². The van der Waals surface area contributed by atoms with E-state index in [9.17, 15) is 9.59 Å². The number of ether oxygens (including phenoxy) is 1. The van der Waals surface area contributed by atoms with E-state index < -0.39 is 0 Å². The van der Waals surface area contributed by atoms with Crippen molar-refractivity contribution in [2.45, 2.75) is 26.3 Å². The molecule has 0 aliphatic carbocycles. The van der Waals surface area contributed by atoms with E-state index in [0.29, 0.717) is 11.3 Å². The van der Waals surface area contributed by atoms with Crippen molar-refractivity contribution < 1.29 is 18.7 Å². The maximum atomic E-state index is 12.6. The number of hydrogen-bond acceptors (Lipinski definition) is 4. The van der Waals surface area contributed by atoms with Crippen LogP contribution in [0.4, 0.5) is 0 Å². The molecule has 5 nitrogen and oxygen atoms in total. The minimum atomic E-state index is -0.269. The number of amides is 1. The van der Waals surface area contributed by atoms with Gasteiger partial charge >= 0.3 is 0 Å². The summed E-state index contributed by atoms with van der Waals surface area (Å²) in [6.07, 6.45) is 0.748. The van der Waals surface area contributed by atoms with E-state index in [4.69, 9.17) is 9.15 Å². The largest absolute Gasteiger partial charge is 0.497 e. The lowest BCUT2D eigenvalue weighted by Gasteiger charge is -2.17. The topological polar surface area (TPSA) is 68.5 Å². The minimum absolute atomic E-state index is 0.00945. The lowest BCUT2D eigenvalue weighted by atomic mass is 10.0. The van der Waals surface area contributed by atoms with Gasteiger partial charge in [0.2, 0.25) is 0 Å². The molecule has 0 saturated carbocycles. The molecule has 0 fully saturated rings. The van der Waals surface area contributed by atoms with E-state index in [2.05, 4.69) is 5.32 Å². The van der Waals surface area contributed by atoms with Gasteiger partial charge < -0.3 is 14.5 Å². The molecular formula is C23H23NO4. The molecule has 0 aliphatic rings. The number of carbonyl (C=O) groups excluding carboxylic acids is 2. The van der Waals surface area contributed by atoms with Gasteiger partial charge in [-0.15, -0.1) is 0 Å². The summed E-state index contributed by atoms with van der Waals surface area (Å²) in [5, 5.41) is 3.01. The summed E-state index contributed by atoms with van der Waals surface area (Å²) in [4.78, 5) is 24.0. The van der Waals surface area contributed by atoms with Crippen molar-refractivity contribution >= 4 is 11.7 Å². The molecule has 0 bridgehead atoms. The van der Waals surface area contributed by atoms with Crippen LogP contribution in [0.5, 0.6) is 5.75 Å². The highest BCUT2D eigenvalue weighted by atomic mass is 16.5. The lowest BCUT2D eigenvalue weighted by Crippen LogP contribution is -2.27. The van der Waals surface area contributed by atoms with Crippen molar-refractivity contribution in [3.05, 3.63) is 77.6 Å². The number of hydrogen-bond donors (Lipinski definition) is 1. The zero-order chi connectivity index (χ0) is 20.1. The van der Waals surface area contributed by atoms with E-state index >= 15 is 0 Å². The van der Waals surface area contributed by atoms with E-state index in [-0.39, 0.29) is 23.5 Å². The lowest BCUT2D eigenvalue weighted by molar-refractivity contribution is 0.0908. The SMILES string of the molecule is CCC(NC(=O)c1ccc(-c2ccc(C(C)=O)cc2)o1)c1ccc(OC)cc1. The third kappa shape index (κ3) is 4.31. The summed E-state index contributed by atoms with van der Waals surface area (Å²) in [7, 11) is 1.62. The number of methoxy groups -OCH3 is 1. The Morgan fingerprint density at radius 2 is 1.68 bits per heavy atom.